The van der Waals surface area contributed by atoms with Crippen LogP contribution >= 0.6 is 0 Å². The summed E-state index contributed by atoms with van der Waals surface area (Å²) in [6, 6.07) is 33.4. The van der Waals surface area contributed by atoms with Crippen molar-refractivity contribution in [1.82, 2.24) is 4.57 Å². The molecular weight excluding hydrogens is 679 g/mol. The summed E-state index contributed by atoms with van der Waals surface area (Å²) in [6.07, 6.45) is 0. The molecule has 0 spiro atoms. The number of aromatic nitrogens is 1. The van der Waals surface area contributed by atoms with Gasteiger partial charge in [0.25, 0.3) is 0 Å². The fraction of sp³-hybridized carbons (Fsp3) is 0.385. The van der Waals surface area contributed by atoms with Crippen molar-refractivity contribution in [1.29, 1.82) is 0 Å². The van der Waals surface area contributed by atoms with E-state index < -0.39 is 0 Å². The average molecular weight is 739 g/mol. The molecule has 4 heteroatoms. The smallest absolute Gasteiger partial charge is 0.336 e. The molecular formula is C52H59BN2O. The normalized spacial score (nSPS) is 14.6. The van der Waals surface area contributed by atoms with Crippen LogP contribution in [0.5, 0.6) is 0 Å². The van der Waals surface area contributed by atoms with Gasteiger partial charge in [0.2, 0.25) is 0 Å². The highest BCUT2D eigenvalue weighted by Crippen LogP contribution is 2.51. The van der Waals surface area contributed by atoms with Crippen LogP contribution in [0.2, 0.25) is 0 Å². The van der Waals surface area contributed by atoms with E-state index in [1.807, 2.05) is 0 Å². The number of fused-ring (bicyclic) bond motifs is 9. The summed E-state index contributed by atoms with van der Waals surface area (Å²) < 4.78 is 9.84. The summed E-state index contributed by atoms with van der Waals surface area (Å²) in [6.45, 7) is 34.8. The van der Waals surface area contributed by atoms with Gasteiger partial charge >= 0.3 is 6.85 Å². The predicted molar refractivity (Wildman–Crippen MR) is 243 cm³/mol. The van der Waals surface area contributed by atoms with Crippen LogP contribution < -0.4 is 15.7 Å². The highest BCUT2D eigenvalue weighted by Gasteiger charge is 2.47. The first kappa shape index (κ1) is 36.9. The maximum Gasteiger partial charge on any atom is 0.336 e. The van der Waals surface area contributed by atoms with Gasteiger partial charge in [0, 0.05) is 27.5 Å². The molecule has 0 radical (unpaired) electrons. The average Bonchev–Trinajstić information content (AvgIpc) is 3.64. The molecule has 0 unspecified atom stereocenters. The Hall–Kier alpha value is -4.70. The SMILES string of the molecule is CC(C)(C)c1ccc(N2B3c4c(cc(C(C)(C)C)cc4-n4c5ccc(C(C)(C)C)cc5c5cc(C(C)(C)C)cc3c54)-c3c2oc2ccc(C(C)(C)C)cc32)cc1. The number of nitrogens with zero attached hydrogens (tertiary/aromatic N) is 2. The molecule has 2 aliphatic heterocycles. The molecule has 2 aliphatic rings. The van der Waals surface area contributed by atoms with E-state index in [1.165, 1.54) is 82.7 Å². The number of rotatable bonds is 1. The summed E-state index contributed by atoms with van der Waals surface area (Å²) in [5.74, 6) is 0.929. The van der Waals surface area contributed by atoms with Gasteiger partial charge in [0.05, 0.1) is 16.6 Å². The second kappa shape index (κ2) is 11.5. The van der Waals surface area contributed by atoms with Gasteiger partial charge in [-0.05, 0) is 120 Å². The quantitative estimate of drug-likeness (QED) is 0.156. The summed E-state index contributed by atoms with van der Waals surface area (Å²) in [7, 11) is 0. The van der Waals surface area contributed by atoms with Crippen molar-refractivity contribution >= 4 is 62.1 Å². The summed E-state index contributed by atoms with van der Waals surface area (Å²) >= 11 is 0. The van der Waals surface area contributed by atoms with Crippen molar-refractivity contribution in [2.75, 3.05) is 4.81 Å². The molecule has 5 aromatic carbocycles. The maximum absolute atomic E-state index is 7.21. The molecule has 4 heterocycles. The van der Waals surface area contributed by atoms with Gasteiger partial charge in [0.15, 0.2) is 5.88 Å². The molecule has 3 nitrogen and oxygen atoms in total. The molecule has 0 N–H and O–H groups in total. The topological polar surface area (TPSA) is 21.3 Å². The molecule has 0 bridgehead atoms. The fourth-order valence-electron chi connectivity index (χ4n) is 9.20. The summed E-state index contributed by atoms with van der Waals surface area (Å²) in [5, 5.41) is 3.84. The highest BCUT2D eigenvalue weighted by atomic mass is 16.4. The molecule has 0 atom stereocenters. The predicted octanol–water partition coefficient (Wildman–Crippen LogP) is 13.3. The van der Waals surface area contributed by atoms with Crippen LogP contribution in [0.3, 0.4) is 0 Å². The first-order chi connectivity index (χ1) is 25.9. The monoisotopic (exact) mass is 738 g/mol. The Labute approximate surface area is 335 Å². The van der Waals surface area contributed by atoms with Crippen molar-refractivity contribution in [2.24, 2.45) is 0 Å². The van der Waals surface area contributed by atoms with Gasteiger partial charge in [-0.2, -0.15) is 0 Å². The van der Waals surface area contributed by atoms with E-state index in [9.17, 15) is 0 Å². The van der Waals surface area contributed by atoms with Crippen molar-refractivity contribution in [2.45, 2.75) is 131 Å². The largest absolute Gasteiger partial charge is 0.441 e. The second-order valence-corrected chi connectivity index (χ2v) is 22.0. The molecule has 0 amide bonds. The Kier molecular flexibility index (Phi) is 7.55. The molecule has 0 saturated carbocycles. The van der Waals surface area contributed by atoms with E-state index in [4.69, 9.17) is 4.42 Å². The minimum absolute atomic E-state index is 0.00539. The van der Waals surface area contributed by atoms with Crippen LogP contribution in [-0.4, -0.2) is 11.4 Å². The van der Waals surface area contributed by atoms with Crippen LogP contribution in [0.25, 0.3) is 49.6 Å². The van der Waals surface area contributed by atoms with E-state index in [0.29, 0.717) is 0 Å². The van der Waals surface area contributed by atoms with Crippen molar-refractivity contribution < 1.29 is 4.42 Å². The number of benzene rings is 5. The van der Waals surface area contributed by atoms with Gasteiger partial charge in [-0.25, -0.2) is 0 Å². The van der Waals surface area contributed by atoms with Gasteiger partial charge in [-0.1, -0.05) is 140 Å². The summed E-state index contributed by atoms with van der Waals surface area (Å²) in [4.78, 5) is 2.55. The molecule has 0 aliphatic carbocycles. The van der Waals surface area contributed by atoms with Gasteiger partial charge in [0.1, 0.15) is 5.58 Å². The van der Waals surface area contributed by atoms with E-state index >= 15 is 0 Å². The van der Waals surface area contributed by atoms with Crippen LogP contribution in [0.4, 0.5) is 11.6 Å². The van der Waals surface area contributed by atoms with Crippen molar-refractivity contribution in [3.8, 4) is 16.8 Å². The summed E-state index contributed by atoms with van der Waals surface area (Å²) in [5.41, 5.74) is 17.7. The number of hydrogen-bond donors (Lipinski definition) is 0. The van der Waals surface area contributed by atoms with Gasteiger partial charge < -0.3 is 13.8 Å². The number of furan rings is 1. The van der Waals surface area contributed by atoms with Gasteiger partial charge in [-0.3, -0.25) is 0 Å². The standard InChI is InChI=1S/C52H59BN2O/c1-48(2,3)30-16-20-35(21-17-30)55-47-44(38-25-32(50(7,8)9)19-23-43(38)56-47)39-27-34(52(13,14)15)29-42-45(39)53(55)40-28-33(51(10,11)12)26-37-36-24-31(49(4,5)6)18-22-41(36)54(42)46(37)40/h16-29H,1-15H3. The molecule has 2 aromatic heterocycles. The Balaban J connectivity index is 1.49. The van der Waals surface area contributed by atoms with Gasteiger partial charge in [-0.15, -0.1) is 0 Å². The second-order valence-electron chi connectivity index (χ2n) is 22.0. The third-order valence-corrected chi connectivity index (χ3v) is 12.7. The first-order valence-electron chi connectivity index (χ1n) is 20.7. The van der Waals surface area contributed by atoms with Crippen LogP contribution in [-0.2, 0) is 27.1 Å². The molecule has 0 fully saturated rings. The zero-order valence-electron chi connectivity index (χ0n) is 36.5. The lowest BCUT2D eigenvalue weighted by molar-refractivity contribution is 0.589. The molecule has 7 aromatic rings. The Bertz CT molecular complexity index is 2760. The zero-order valence-corrected chi connectivity index (χ0v) is 36.5. The maximum atomic E-state index is 7.21. The van der Waals surface area contributed by atoms with Crippen LogP contribution in [0.1, 0.15) is 132 Å². The molecule has 286 valence electrons. The van der Waals surface area contributed by atoms with E-state index in [-0.39, 0.29) is 33.9 Å². The lowest BCUT2D eigenvalue weighted by Gasteiger charge is -2.41. The van der Waals surface area contributed by atoms with E-state index in [0.717, 1.165) is 17.2 Å². The Morgan fingerprint density at radius 1 is 0.482 bits per heavy atom. The molecule has 56 heavy (non-hydrogen) atoms. The fourth-order valence-corrected chi connectivity index (χ4v) is 9.20. The Morgan fingerprint density at radius 3 is 1.59 bits per heavy atom. The lowest BCUT2D eigenvalue weighted by atomic mass is 9.43. The van der Waals surface area contributed by atoms with Crippen molar-refractivity contribution in [3.63, 3.8) is 0 Å². The zero-order chi connectivity index (χ0) is 40.2. The third kappa shape index (κ3) is 5.45. The highest BCUT2D eigenvalue weighted by molar-refractivity contribution is 6.93. The lowest BCUT2D eigenvalue weighted by Crippen LogP contribution is -2.60. The van der Waals surface area contributed by atoms with E-state index in [2.05, 4.69) is 198 Å². The van der Waals surface area contributed by atoms with Crippen molar-refractivity contribution in [3.05, 3.63) is 113 Å². The van der Waals surface area contributed by atoms with Crippen LogP contribution in [0, 0.1) is 0 Å². The number of hydrogen-bond acceptors (Lipinski definition) is 2. The minimum atomic E-state index is -0.103. The van der Waals surface area contributed by atoms with Crippen LogP contribution in [0.15, 0.2) is 89.3 Å². The number of anilines is 2. The minimum Gasteiger partial charge on any atom is -0.441 e. The Morgan fingerprint density at radius 2 is 1.00 bits per heavy atom. The molecule has 9 rings (SSSR count). The first-order valence-corrected chi connectivity index (χ1v) is 20.7. The third-order valence-electron chi connectivity index (χ3n) is 12.7. The molecule has 0 saturated heterocycles. The van der Waals surface area contributed by atoms with E-state index in [1.54, 1.807) is 0 Å².